The molecular formula is C42H29F3N4. The summed E-state index contributed by atoms with van der Waals surface area (Å²) in [5.41, 5.74) is 6.72. The summed E-state index contributed by atoms with van der Waals surface area (Å²) in [5.74, 6) is 1.12. The molecule has 0 fully saturated rings. The maximum Gasteiger partial charge on any atom is 0.417 e. The molecule has 49 heavy (non-hydrogen) atoms. The summed E-state index contributed by atoms with van der Waals surface area (Å²) in [5, 5.41) is 2.20. The lowest BCUT2D eigenvalue weighted by Crippen LogP contribution is -2.08. The van der Waals surface area contributed by atoms with E-state index >= 15 is 0 Å². The van der Waals surface area contributed by atoms with Gasteiger partial charge in [0, 0.05) is 33.2 Å². The third-order valence-electron chi connectivity index (χ3n) is 8.80. The number of hydrogen-bond acceptors (Lipinski definition) is 3. The van der Waals surface area contributed by atoms with Crippen molar-refractivity contribution in [2.75, 3.05) is 0 Å². The lowest BCUT2D eigenvalue weighted by Gasteiger charge is -2.18. The number of aromatic nitrogens is 4. The summed E-state index contributed by atoms with van der Waals surface area (Å²) in [6, 6.07) is 42.9. The molecule has 7 heteroatoms. The minimum atomic E-state index is -4.57. The van der Waals surface area contributed by atoms with Gasteiger partial charge in [0.25, 0.3) is 0 Å². The fourth-order valence-corrected chi connectivity index (χ4v) is 6.51. The standard InChI is InChI=1S/C42H29F3N4/c1-26-17-21-37-33(23-26)34-24-27(2)18-22-38(34)49(37)30-19-20-31(32-15-9-10-16-36(32)42(43,44)45)35(25-30)41-47-39(28-11-5-3-6-12-28)46-40(48-41)29-13-7-4-8-14-29/h3-25H,1-2H3. The molecule has 2 aromatic heterocycles. The molecule has 0 unspecified atom stereocenters. The zero-order valence-corrected chi connectivity index (χ0v) is 26.7. The van der Waals surface area contributed by atoms with Gasteiger partial charge in [-0.15, -0.1) is 0 Å². The normalized spacial score (nSPS) is 11.8. The molecule has 0 N–H and O–H groups in total. The van der Waals surface area contributed by atoms with Gasteiger partial charge in [0.15, 0.2) is 17.5 Å². The fourth-order valence-electron chi connectivity index (χ4n) is 6.51. The SMILES string of the molecule is Cc1ccc2c(c1)c1cc(C)ccc1n2-c1ccc(-c2ccccc2C(F)(F)F)c(-c2nc(-c3ccccc3)nc(-c3ccccc3)n2)c1. The summed E-state index contributed by atoms with van der Waals surface area (Å²) in [6.45, 7) is 4.14. The maximum atomic E-state index is 14.5. The van der Waals surface area contributed by atoms with Crippen LogP contribution in [-0.4, -0.2) is 19.5 Å². The van der Waals surface area contributed by atoms with Gasteiger partial charge in [-0.3, -0.25) is 0 Å². The van der Waals surface area contributed by atoms with Crippen LogP contribution >= 0.6 is 0 Å². The van der Waals surface area contributed by atoms with Crippen LogP contribution in [0.2, 0.25) is 0 Å². The Hall–Kier alpha value is -6.08. The van der Waals surface area contributed by atoms with E-state index < -0.39 is 11.7 Å². The summed E-state index contributed by atoms with van der Waals surface area (Å²) in [4.78, 5) is 14.7. The van der Waals surface area contributed by atoms with Crippen molar-refractivity contribution in [2.45, 2.75) is 20.0 Å². The van der Waals surface area contributed by atoms with Crippen molar-refractivity contribution in [3.8, 4) is 51.0 Å². The number of fused-ring (bicyclic) bond motifs is 3. The van der Waals surface area contributed by atoms with Crippen LogP contribution in [0, 0.1) is 13.8 Å². The molecular weight excluding hydrogens is 617 g/mol. The number of alkyl halides is 3. The zero-order chi connectivity index (χ0) is 33.7. The van der Waals surface area contributed by atoms with E-state index in [9.17, 15) is 13.2 Å². The minimum absolute atomic E-state index is 0.0490. The Morgan fingerprint density at radius 1 is 0.469 bits per heavy atom. The van der Waals surface area contributed by atoms with E-state index in [4.69, 9.17) is 15.0 Å². The Morgan fingerprint density at radius 2 is 0.980 bits per heavy atom. The van der Waals surface area contributed by atoms with Crippen molar-refractivity contribution >= 4 is 21.8 Å². The molecule has 0 bridgehead atoms. The van der Waals surface area contributed by atoms with Crippen LogP contribution < -0.4 is 0 Å². The second-order valence-corrected chi connectivity index (χ2v) is 12.2. The lowest BCUT2D eigenvalue weighted by molar-refractivity contribution is -0.137. The van der Waals surface area contributed by atoms with Gasteiger partial charge in [-0.1, -0.05) is 108 Å². The zero-order valence-electron chi connectivity index (χ0n) is 26.7. The van der Waals surface area contributed by atoms with Gasteiger partial charge in [-0.05, 0) is 67.4 Å². The van der Waals surface area contributed by atoms with Crippen LogP contribution in [0.25, 0.3) is 72.8 Å². The molecule has 0 saturated carbocycles. The molecule has 0 amide bonds. The monoisotopic (exact) mass is 646 g/mol. The molecule has 0 spiro atoms. The second-order valence-electron chi connectivity index (χ2n) is 12.2. The number of nitrogens with zero attached hydrogens (tertiary/aromatic N) is 4. The first kappa shape index (κ1) is 30.3. The highest BCUT2D eigenvalue weighted by Gasteiger charge is 2.34. The van der Waals surface area contributed by atoms with Crippen molar-refractivity contribution in [1.29, 1.82) is 0 Å². The third-order valence-corrected chi connectivity index (χ3v) is 8.80. The summed E-state index contributed by atoms with van der Waals surface area (Å²) in [7, 11) is 0. The van der Waals surface area contributed by atoms with E-state index in [0.717, 1.165) is 55.8 Å². The largest absolute Gasteiger partial charge is 0.417 e. The highest BCUT2D eigenvalue weighted by Crippen LogP contribution is 2.42. The summed E-state index contributed by atoms with van der Waals surface area (Å²) < 4.78 is 45.7. The van der Waals surface area contributed by atoms with Gasteiger partial charge in [-0.2, -0.15) is 13.2 Å². The smallest absolute Gasteiger partial charge is 0.309 e. The predicted octanol–water partition coefficient (Wildman–Crippen LogP) is 11.3. The van der Waals surface area contributed by atoms with Crippen LogP contribution in [-0.2, 0) is 6.18 Å². The average molecular weight is 647 g/mol. The number of benzene rings is 6. The van der Waals surface area contributed by atoms with Crippen molar-refractivity contribution in [2.24, 2.45) is 0 Å². The van der Waals surface area contributed by atoms with Gasteiger partial charge in [-0.25, -0.2) is 15.0 Å². The quantitative estimate of drug-likeness (QED) is 0.187. The lowest BCUT2D eigenvalue weighted by atomic mass is 9.94. The number of hydrogen-bond donors (Lipinski definition) is 0. The fraction of sp³-hybridized carbons (Fsp3) is 0.0714. The Bertz CT molecular complexity index is 2380. The van der Waals surface area contributed by atoms with E-state index in [2.05, 4.69) is 54.8 Å². The van der Waals surface area contributed by atoms with Crippen molar-refractivity contribution < 1.29 is 13.2 Å². The molecule has 0 atom stereocenters. The number of rotatable bonds is 5. The van der Waals surface area contributed by atoms with E-state index in [0.29, 0.717) is 22.8 Å². The molecule has 0 aliphatic heterocycles. The first-order chi connectivity index (χ1) is 23.7. The van der Waals surface area contributed by atoms with Crippen LogP contribution in [0.1, 0.15) is 16.7 Å². The molecule has 6 aromatic carbocycles. The van der Waals surface area contributed by atoms with Gasteiger partial charge in [0.2, 0.25) is 0 Å². The molecule has 8 rings (SSSR count). The summed E-state index contributed by atoms with van der Waals surface area (Å²) in [6.07, 6.45) is -4.57. The molecule has 0 saturated heterocycles. The van der Waals surface area contributed by atoms with E-state index in [1.165, 1.54) is 12.1 Å². The average Bonchev–Trinajstić information content (AvgIpc) is 3.44. The van der Waals surface area contributed by atoms with Crippen LogP contribution in [0.15, 0.2) is 140 Å². The molecule has 0 aliphatic carbocycles. The second kappa shape index (κ2) is 11.9. The first-order valence-corrected chi connectivity index (χ1v) is 15.9. The highest BCUT2D eigenvalue weighted by atomic mass is 19.4. The topological polar surface area (TPSA) is 43.6 Å². The molecule has 8 aromatic rings. The predicted molar refractivity (Wildman–Crippen MR) is 190 cm³/mol. The first-order valence-electron chi connectivity index (χ1n) is 15.9. The van der Waals surface area contributed by atoms with E-state index in [-0.39, 0.29) is 11.4 Å². The molecule has 2 heterocycles. The third kappa shape index (κ3) is 5.53. The molecule has 4 nitrogen and oxygen atoms in total. The van der Waals surface area contributed by atoms with Crippen molar-refractivity contribution in [3.63, 3.8) is 0 Å². The Kier molecular flexibility index (Phi) is 7.33. The molecule has 238 valence electrons. The van der Waals surface area contributed by atoms with Gasteiger partial charge in [0.1, 0.15) is 0 Å². The van der Waals surface area contributed by atoms with Crippen LogP contribution in [0.3, 0.4) is 0 Å². The van der Waals surface area contributed by atoms with E-state index in [1.807, 2.05) is 72.8 Å². The minimum Gasteiger partial charge on any atom is -0.309 e. The van der Waals surface area contributed by atoms with Gasteiger partial charge in [0.05, 0.1) is 16.6 Å². The number of aryl methyl sites for hydroxylation is 2. The Labute approximate surface area is 281 Å². The molecule has 0 radical (unpaired) electrons. The maximum absolute atomic E-state index is 14.5. The number of halogens is 3. The Morgan fingerprint density at radius 3 is 1.53 bits per heavy atom. The van der Waals surface area contributed by atoms with Crippen LogP contribution in [0.4, 0.5) is 13.2 Å². The van der Waals surface area contributed by atoms with Gasteiger partial charge >= 0.3 is 6.18 Å². The Balaban J connectivity index is 1.46. The summed E-state index contributed by atoms with van der Waals surface area (Å²) >= 11 is 0. The van der Waals surface area contributed by atoms with E-state index in [1.54, 1.807) is 12.1 Å². The van der Waals surface area contributed by atoms with Crippen molar-refractivity contribution in [3.05, 3.63) is 156 Å². The van der Waals surface area contributed by atoms with Crippen molar-refractivity contribution in [1.82, 2.24) is 19.5 Å². The van der Waals surface area contributed by atoms with Crippen LogP contribution in [0.5, 0.6) is 0 Å². The van der Waals surface area contributed by atoms with Gasteiger partial charge < -0.3 is 4.57 Å². The molecule has 0 aliphatic rings. The highest BCUT2D eigenvalue weighted by molar-refractivity contribution is 6.10.